The molecule has 0 saturated heterocycles. The number of aliphatic carboxylic acids is 2. The third-order valence-electron chi connectivity index (χ3n) is 3.28. The van der Waals surface area contributed by atoms with Gasteiger partial charge in [0.15, 0.2) is 0 Å². The van der Waals surface area contributed by atoms with Gasteiger partial charge >= 0.3 is 11.9 Å². The number of nitrogens with two attached hydrogens (primary N) is 1. The van der Waals surface area contributed by atoms with Crippen LogP contribution in [-0.2, 0) is 14.4 Å². The van der Waals surface area contributed by atoms with Crippen molar-refractivity contribution in [2.75, 3.05) is 0 Å². The Hall–Kier alpha value is -2.41. The van der Waals surface area contributed by atoms with E-state index in [-0.39, 0.29) is 18.9 Å². The SMILES string of the molecule is CC(=O)N[C@@H](CCC(=O)O)C(=O)O.CC(C)C[C@H](N)c1ccccc1. The van der Waals surface area contributed by atoms with Crippen molar-refractivity contribution >= 4 is 17.8 Å². The van der Waals surface area contributed by atoms with E-state index < -0.39 is 23.9 Å². The molecule has 0 spiro atoms. The van der Waals surface area contributed by atoms with E-state index in [1.54, 1.807) is 0 Å². The van der Waals surface area contributed by atoms with Gasteiger partial charge in [0, 0.05) is 19.4 Å². The number of carboxylic acid groups (broad SMARTS) is 2. The molecule has 0 unspecified atom stereocenters. The smallest absolute Gasteiger partial charge is 0.326 e. The Morgan fingerprint density at radius 2 is 1.68 bits per heavy atom. The molecule has 5 N–H and O–H groups in total. The molecule has 1 aromatic carbocycles. The highest BCUT2D eigenvalue weighted by Crippen LogP contribution is 2.17. The van der Waals surface area contributed by atoms with Crippen molar-refractivity contribution in [3.05, 3.63) is 35.9 Å². The summed E-state index contributed by atoms with van der Waals surface area (Å²) in [5.41, 5.74) is 7.24. The first-order chi connectivity index (χ1) is 11.6. The predicted octanol–water partition coefficient (Wildman–Crippen LogP) is 2.17. The second kappa shape index (κ2) is 12.0. The van der Waals surface area contributed by atoms with Crippen LogP contribution in [0.1, 0.15) is 51.6 Å². The van der Waals surface area contributed by atoms with Crippen LogP contribution in [0.5, 0.6) is 0 Å². The number of rotatable bonds is 8. The van der Waals surface area contributed by atoms with Crippen molar-refractivity contribution in [3.8, 4) is 0 Å². The minimum atomic E-state index is -1.23. The Labute approximate surface area is 148 Å². The Kier molecular flexibility index (Phi) is 10.9. The van der Waals surface area contributed by atoms with Crippen LogP contribution in [0.4, 0.5) is 0 Å². The normalized spacial score (nSPS) is 12.5. The van der Waals surface area contributed by atoms with E-state index >= 15 is 0 Å². The lowest BCUT2D eigenvalue weighted by molar-refractivity contribution is -0.142. The van der Waals surface area contributed by atoms with Gasteiger partial charge in [0.25, 0.3) is 0 Å². The van der Waals surface area contributed by atoms with Gasteiger partial charge in [0.1, 0.15) is 6.04 Å². The number of carboxylic acids is 2. The lowest BCUT2D eigenvalue weighted by Crippen LogP contribution is -2.39. The third kappa shape index (κ3) is 11.7. The molecule has 0 aromatic heterocycles. The summed E-state index contributed by atoms with van der Waals surface area (Å²) in [5.74, 6) is -2.13. The van der Waals surface area contributed by atoms with E-state index in [2.05, 4.69) is 31.3 Å². The van der Waals surface area contributed by atoms with Crippen LogP contribution in [0.25, 0.3) is 0 Å². The molecule has 2 atom stereocenters. The topological polar surface area (TPSA) is 130 Å². The first kappa shape index (κ1) is 22.6. The largest absolute Gasteiger partial charge is 0.481 e. The molecule has 0 aliphatic heterocycles. The number of benzene rings is 1. The minimum Gasteiger partial charge on any atom is -0.481 e. The van der Waals surface area contributed by atoms with Crippen LogP contribution in [0.3, 0.4) is 0 Å². The van der Waals surface area contributed by atoms with E-state index in [1.807, 2.05) is 18.2 Å². The summed E-state index contributed by atoms with van der Waals surface area (Å²) in [5, 5.41) is 18.9. The summed E-state index contributed by atoms with van der Waals surface area (Å²) < 4.78 is 0. The quantitative estimate of drug-likeness (QED) is 0.567. The molecular weight excluding hydrogens is 324 g/mol. The van der Waals surface area contributed by atoms with Crippen molar-refractivity contribution in [2.24, 2.45) is 11.7 Å². The number of hydrogen-bond acceptors (Lipinski definition) is 4. The Morgan fingerprint density at radius 1 is 1.12 bits per heavy atom. The molecule has 0 aliphatic carbocycles. The van der Waals surface area contributed by atoms with Crippen molar-refractivity contribution in [2.45, 2.75) is 52.1 Å². The summed E-state index contributed by atoms with van der Waals surface area (Å²) in [7, 11) is 0. The van der Waals surface area contributed by atoms with E-state index in [0.717, 1.165) is 6.42 Å². The number of carbonyl (C=O) groups excluding carboxylic acids is 1. The van der Waals surface area contributed by atoms with Crippen molar-refractivity contribution < 1.29 is 24.6 Å². The van der Waals surface area contributed by atoms with Crippen LogP contribution in [0, 0.1) is 5.92 Å². The fourth-order valence-corrected chi connectivity index (χ4v) is 2.11. The average Bonchev–Trinajstić information content (AvgIpc) is 2.51. The van der Waals surface area contributed by atoms with Crippen molar-refractivity contribution in [1.29, 1.82) is 0 Å². The zero-order valence-corrected chi connectivity index (χ0v) is 14.9. The second-order valence-electron chi connectivity index (χ2n) is 6.17. The van der Waals surface area contributed by atoms with Crippen LogP contribution < -0.4 is 11.1 Å². The Bertz CT molecular complexity index is 546. The highest BCUT2D eigenvalue weighted by molar-refractivity contribution is 5.82. The van der Waals surface area contributed by atoms with E-state index in [4.69, 9.17) is 15.9 Å². The van der Waals surface area contributed by atoms with Crippen molar-refractivity contribution in [3.63, 3.8) is 0 Å². The van der Waals surface area contributed by atoms with Gasteiger partial charge in [-0.3, -0.25) is 9.59 Å². The number of amides is 1. The van der Waals surface area contributed by atoms with Gasteiger partial charge < -0.3 is 21.3 Å². The second-order valence-corrected chi connectivity index (χ2v) is 6.17. The lowest BCUT2D eigenvalue weighted by atomic mass is 9.98. The van der Waals surface area contributed by atoms with Crippen LogP contribution in [0.15, 0.2) is 30.3 Å². The number of nitrogens with one attached hydrogen (secondary N) is 1. The monoisotopic (exact) mass is 352 g/mol. The maximum atomic E-state index is 10.5. The molecule has 0 heterocycles. The summed E-state index contributed by atoms with van der Waals surface area (Å²) in [4.78, 5) is 31.0. The molecule has 0 fully saturated rings. The summed E-state index contributed by atoms with van der Waals surface area (Å²) >= 11 is 0. The maximum absolute atomic E-state index is 10.5. The fourth-order valence-electron chi connectivity index (χ4n) is 2.11. The Morgan fingerprint density at radius 3 is 2.08 bits per heavy atom. The minimum absolute atomic E-state index is 0.107. The van der Waals surface area contributed by atoms with Crippen LogP contribution >= 0.6 is 0 Å². The summed E-state index contributed by atoms with van der Waals surface area (Å²) in [6.07, 6.45) is 0.672. The van der Waals surface area contributed by atoms with Gasteiger partial charge in [0.2, 0.25) is 5.91 Å². The Balaban J connectivity index is 0.000000462. The van der Waals surface area contributed by atoms with Crippen LogP contribution in [-0.4, -0.2) is 34.1 Å². The maximum Gasteiger partial charge on any atom is 0.326 e. The van der Waals surface area contributed by atoms with E-state index in [0.29, 0.717) is 5.92 Å². The first-order valence-corrected chi connectivity index (χ1v) is 8.15. The molecule has 1 amide bonds. The predicted molar refractivity (Wildman–Crippen MR) is 94.9 cm³/mol. The number of hydrogen-bond donors (Lipinski definition) is 4. The summed E-state index contributed by atoms with van der Waals surface area (Å²) in [6, 6.07) is 9.36. The molecule has 25 heavy (non-hydrogen) atoms. The number of carbonyl (C=O) groups is 3. The summed E-state index contributed by atoms with van der Waals surface area (Å²) in [6.45, 7) is 5.57. The zero-order valence-electron chi connectivity index (χ0n) is 14.9. The first-order valence-electron chi connectivity index (χ1n) is 8.15. The highest BCUT2D eigenvalue weighted by atomic mass is 16.4. The van der Waals surface area contributed by atoms with E-state index in [9.17, 15) is 14.4 Å². The van der Waals surface area contributed by atoms with Gasteiger partial charge in [-0.1, -0.05) is 44.2 Å². The molecule has 140 valence electrons. The van der Waals surface area contributed by atoms with Gasteiger partial charge in [-0.2, -0.15) is 0 Å². The third-order valence-corrected chi connectivity index (χ3v) is 3.28. The molecule has 0 aliphatic rings. The highest BCUT2D eigenvalue weighted by Gasteiger charge is 2.18. The molecule has 0 saturated carbocycles. The van der Waals surface area contributed by atoms with Gasteiger partial charge in [-0.05, 0) is 24.3 Å². The van der Waals surface area contributed by atoms with Gasteiger partial charge in [-0.15, -0.1) is 0 Å². The molecule has 7 heteroatoms. The van der Waals surface area contributed by atoms with Gasteiger partial charge in [-0.25, -0.2) is 4.79 Å². The molecule has 1 rings (SSSR count). The average molecular weight is 352 g/mol. The fraction of sp³-hybridized carbons (Fsp3) is 0.500. The van der Waals surface area contributed by atoms with Gasteiger partial charge in [0.05, 0.1) is 0 Å². The van der Waals surface area contributed by atoms with Crippen molar-refractivity contribution in [1.82, 2.24) is 5.32 Å². The molecule has 0 radical (unpaired) electrons. The molecule has 0 bridgehead atoms. The lowest BCUT2D eigenvalue weighted by Gasteiger charge is -2.13. The molecular formula is C18H28N2O5. The zero-order chi connectivity index (χ0) is 19.4. The standard InChI is InChI=1S/C11H17N.C7H11NO5/c1-9(2)8-11(12)10-6-4-3-5-7-10;1-4(9)8-5(7(12)13)2-3-6(10)11/h3-7,9,11H,8,12H2,1-2H3;5H,2-3H2,1H3,(H,8,9)(H,10,11)(H,12,13)/t11-;5-/m00/s1. The van der Waals surface area contributed by atoms with Crippen LogP contribution in [0.2, 0.25) is 0 Å². The molecule has 7 nitrogen and oxygen atoms in total. The van der Waals surface area contributed by atoms with E-state index in [1.165, 1.54) is 12.5 Å². The molecule has 1 aromatic rings.